The molecule has 1 unspecified atom stereocenters. The molecule has 0 aliphatic carbocycles. The van der Waals surface area contributed by atoms with Crippen LogP contribution in [-0.4, -0.2) is 35.5 Å². The van der Waals surface area contributed by atoms with Gasteiger partial charge in [0.15, 0.2) is 0 Å². The number of rotatable bonds is 5. The van der Waals surface area contributed by atoms with Gasteiger partial charge in [0.2, 0.25) is 0 Å². The van der Waals surface area contributed by atoms with E-state index in [9.17, 15) is 9.00 Å². The van der Waals surface area contributed by atoms with Crippen LogP contribution in [0.3, 0.4) is 0 Å². The Labute approximate surface area is 200 Å². The van der Waals surface area contributed by atoms with Crippen LogP contribution < -0.4 is 11.1 Å². The molecule has 0 bridgehead atoms. The molecule has 3 aromatic heterocycles. The number of nitrogens with zero attached hydrogens (tertiary/aromatic N) is 4. The van der Waals surface area contributed by atoms with Gasteiger partial charge in [-0.2, -0.15) is 0 Å². The lowest BCUT2D eigenvalue weighted by molar-refractivity contribution is 0.0942. The van der Waals surface area contributed by atoms with Gasteiger partial charge in [-0.3, -0.25) is 14.8 Å². The molecule has 1 atom stereocenters. The first-order chi connectivity index (χ1) is 16.4. The van der Waals surface area contributed by atoms with Crippen molar-refractivity contribution in [2.24, 2.45) is 7.05 Å². The molecule has 1 aliphatic heterocycles. The summed E-state index contributed by atoms with van der Waals surface area (Å²) in [6.07, 6.45) is 6.15. The van der Waals surface area contributed by atoms with Crippen LogP contribution in [0.4, 0.5) is 5.69 Å². The summed E-state index contributed by atoms with van der Waals surface area (Å²) in [5.41, 5.74) is 11.9. The number of hydrogen-bond acceptors (Lipinski definition) is 5. The molecule has 0 radical (unpaired) electrons. The molecule has 0 saturated heterocycles. The van der Waals surface area contributed by atoms with Crippen molar-refractivity contribution in [3.63, 3.8) is 0 Å². The van der Waals surface area contributed by atoms with E-state index in [4.69, 9.17) is 5.73 Å². The zero-order valence-electron chi connectivity index (χ0n) is 19.1. The molecule has 4 aromatic rings. The normalized spacial score (nSPS) is 14.6. The number of hydrogen-bond donors (Lipinski definition) is 2. The molecule has 1 aliphatic rings. The summed E-state index contributed by atoms with van der Waals surface area (Å²) in [5, 5.41) is 3.90. The average molecular weight is 475 g/mol. The fraction of sp³-hybridized carbons (Fsp3) is 0.240. The number of aromatic nitrogens is 3. The summed E-state index contributed by atoms with van der Waals surface area (Å²) < 4.78 is 17.2. The monoisotopic (exact) mass is 474 g/mol. The van der Waals surface area contributed by atoms with E-state index >= 15 is 0 Å². The summed E-state index contributed by atoms with van der Waals surface area (Å²) in [7, 11) is 0.458. The Morgan fingerprint density at radius 3 is 2.91 bits per heavy atom. The lowest BCUT2D eigenvalue weighted by atomic mass is 10.0. The molecule has 8 nitrogen and oxygen atoms in total. The van der Waals surface area contributed by atoms with Gasteiger partial charge in [0.25, 0.3) is 5.91 Å². The summed E-state index contributed by atoms with van der Waals surface area (Å²) in [4.78, 5) is 22.3. The smallest absolute Gasteiger partial charge is 0.268 e. The summed E-state index contributed by atoms with van der Waals surface area (Å²) in [6, 6.07) is 11.2. The van der Waals surface area contributed by atoms with Crippen molar-refractivity contribution >= 4 is 33.5 Å². The maximum Gasteiger partial charge on any atom is 0.268 e. The third-order valence-corrected chi connectivity index (χ3v) is 8.03. The minimum absolute atomic E-state index is 0.224. The predicted octanol–water partition coefficient (Wildman–Crippen LogP) is 2.87. The van der Waals surface area contributed by atoms with Gasteiger partial charge in [0.05, 0.1) is 16.1 Å². The van der Waals surface area contributed by atoms with Crippen LogP contribution in [0.5, 0.6) is 0 Å². The Bertz CT molecular complexity index is 1430. The van der Waals surface area contributed by atoms with E-state index in [1.807, 2.05) is 48.7 Å². The number of anilines is 1. The van der Waals surface area contributed by atoms with Crippen molar-refractivity contribution in [1.29, 1.82) is 0 Å². The molecule has 0 fully saturated rings. The molecule has 34 heavy (non-hydrogen) atoms. The SMILES string of the molecule is Cc1c(S(=O)N2CCc3cnccc3C2)cc(C(=O)NCc2ccc(N)c3ncccc23)n1C. The maximum atomic E-state index is 13.4. The standard InChI is InChI=1S/C25H26N6O2S/c1-16-23(34(33)31-11-8-17-13-27-10-7-19(17)15-31)12-22(30(16)2)25(32)29-14-18-5-6-21(26)24-20(18)4-3-9-28-24/h3-7,9-10,12-13H,8,11,14-15,26H2,1-2H3,(H,29,32). The van der Waals surface area contributed by atoms with Gasteiger partial charge in [0.1, 0.15) is 16.7 Å². The third kappa shape index (κ3) is 3.97. The predicted molar refractivity (Wildman–Crippen MR) is 132 cm³/mol. The Hall–Kier alpha value is -3.56. The van der Waals surface area contributed by atoms with Crippen LogP contribution in [0.1, 0.15) is 32.9 Å². The quantitative estimate of drug-likeness (QED) is 0.433. The molecule has 4 heterocycles. The second-order valence-electron chi connectivity index (χ2n) is 8.44. The van der Waals surface area contributed by atoms with Crippen molar-refractivity contribution in [1.82, 2.24) is 24.2 Å². The highest BCUT2D eigenvalue weighted by Crippen LogP contribution is 2.26. The number of fused-ring (bicyclic) bond motifs is 2. The van der Waals surface area contributed by atoms with Gasteiger partial charge < -0.3 is 15.6 Å². The summed E-state index contributed by atoms with van der Waals surface area (Å²) >= 11 is 0. The number of nitrogens with one attached hydrogen (secondary N) is 1. The van der Waals surface area contributed by atoms with Crippen LogP contribution in [0, 0.1) is 6.92 Å². The first kappa shape index (κ1) is 22.2. The molecule has 1 amide bonds. The van der Waals surface area contributed by atoms with E-state index < -0.39 is 11.0 Å². The second kappa shape index (κ2) is 9.00. The lowest BCUT2D eigenvalue weighted by Gasteiger charge is -2.27. The van der Waals surface area contributed by atoms with Gasteiger partial charge in [-0.05, 0) is 54.3 Å². The highest BCUT2D eigenvalue weighted by atomic mass is 32.2. The number of amides is 1. The fourth-order valence-electron chi connectivity index (χ4n) is 4.37. The first-order valence-electron chi connectivity index (χ1n) is 11.1. The number of carbonyl (C=O) groups is 1. The van der Waals surface area contributed by atoms with Gasteiger partial charge in [-0.15, -0.1) is 0 Å². The molecule has 0 spiro atoms. The van der Waals surface area contributed by atoms with E-state index in [2.05, 4.69) is 15.3 Å². The molecule has 0 saturated carbocycles. The lowest BCUT2D eigenvalue weighted by Crippen LogP contribution is -2.32. The molecule has 5 rings (SSSR count). The van der Waals surface area contributed by atoms with E-state index in [1.54, 1.807) is 29.1 Å². The summed E-state index contributed by atoms with van der Waals surface area (Å²) in [6.45, 7) is 3.50. The van der Waals surface area contributed by atoms with Gasteiger partial charge in [-0.1, -0.05) is 12.1 Å². The minimum Gasteiger partial charge on any atom is -0.397 e. The largest absolute Gasteiger partial charge is 0.397 e. The highest BCUT2D eigenvalue weighted by Gasteiger charge is 2.26. The molecular formula is C25H26N6O2S. The van der Waals surface area contributed by atoms with E-state index in [-0.39, 0.29) is 5.91 Å². The van der Waals surface area contributed by atoms with Crippen LogP contribution >= 0.6 is 0 Å². The molecule has 9 heteroatoms. The van der Waals surface area contributed by atoms with Crippen LogP contribution in [0.15, 0.2) is 59.9 Å². The second-order valence-corrected chi connectivity index (χ2v) is 9.90. The minimum atomic E-state index is -1.37. The van der Waals surface area contributed by atoms with Gasteiger partial charge in [0, 0.05) is 56.4 Å². The topological polar surface area (TPSA) is 106 Å². The first-order valence-corrected chi connectivity index (χ1v) is 12.2. The highest BCUT2D eigenvalue weighted by molar-refractivity contribution is 7.82. The van der Waals surface area contributed by atoms with Crippen molar-refractivity contribution in [2.75, 3.05) is 12.3 Å². The van der Waals surface area contributed by atoms with Crippen molar-refractivity contribution in [3.8, 4) is 0 Å². The van der Waals surface area contributed by atoms with Gasteiger partial charge >= 0.3 is 0 Å². The third-order valence-electron chi connectivity index (χ3n) is 6.46. The van der Waals surface area contributed by atoms with Crippen LogP contribution in [0.2, 0.25) is 0 Å². The number of nitrogen functional groups attached to an aromatic ring is 1. The zero-order valence-corrected chi connectivity index (χ0v) is 19.9. The number of pyridine rings is 2. The number of benzene rings is 1. The Morgan fingerprint density at radius 1 is 1.21 bits per heavy atom. The fourth-order valence-corrected chi connectivity index (χ4v) is 5.76. The van der Waals surface area contributed by atoms with Crippen LogP contribution in [-0.2, 0) is 37.5 Å². The average Bonchev–Trinajstić information content (AvgIpc) is 3.17. The number of carbonyl (C=O) groups excluding carboxylic acids is 1. The zero-order chi connectivity index (χ0) is 23.8. The number of nitrogens with two attached hydrogens (primary N) is 1. The molecule has 174 valence electrons. The summed E-state index contributed by atoms with van der Waals surface area (Å²) in [5.74, 6) is -0.224. The molecular weight excluding hydrogens is 448 g/mol. The van der Waals surface area contributed by atoms with Crippen molar-refractivity contribution in [3.05, 3.63) is 83.1 Å². The Balaban J connectivity index is 1.34. The van der Waals surface area contributed by atoms with E-state index in [0.29, 0.717) is 35.9 Å². The molecule has 1 aromatic carbocycles. The Kier molecular flexibility index (Phi) is 5.89. The van der Waals surface area contributed by atoms with Crippen LogP contribution in [0.25, 0.3) is 10.9 Å². The van der Waals surface area contributed by atoms with Crippen molar-refractivity contribution in [2.45, 2.75) is 31.3 Å². The van der Waals surface area contributed by atoms with Crippen molar-refractivity contribution < 1.29 is 9.00 Å². The van der Waals surface area contributed by atoms with Gasteiger partial charge in [-0.25, -0.2) is 8.51 Å². The molecule has 3 N–H and O–H groups in total. The maximum absolute atomic E-state index is 13.4. The van der Waals surface area contributed by atoms with E-state index in [0.717, 1.165) is 34.1 Å². The Morgan fingerprint density at radius 2 is 2.06 bits per heavy atom. The van der Waals surface area contributed by atoms with E-state index in [1.165, 1.54) is 5.56 Å².